The Morgan fingerprint density at radius 2 is 1.62 bits per heavy atom. The fourth-order valence-corrected chi connectivity index (χ4v) is 1.46. The van der Waals surface area contributed by atoms with Crippen molar-refractivity contribution >= 4 is 0 Å². The van der Waals surface area contributed by atoms with Crippen molar-refractivity contribution in [2.75, 3.05) is 0 Å². The van der Waals surface area contributed by atoms with Crippen molar-refractivity contribution in [3.8, 4) is 0 Å². The van der Waals surface area contributed by atoms with E-state index in [1.807, 2.05) is 5.32 Å². The van der Waals surface area contributed by atoms with Crippen LogP contribution in [0.15, 0.2) is 24.3 Å². The van der Waals surface area contributed by atoms with E-state index >= 15 is 0 Å². The number of alkyl halides is 3. The molecule has 70 valence electrons. The second-order valence-corrected chi connectivity index (χ2v) is 2.96. The van der Waals surface area contributed by atoms with Gasteiger partial charge in [-0.2, -0.15) is 0 Å². The molecule has 4 heteroatoms. The van der Waals surface area contributed by atoms with E-state index in [1.54, 1.807) is 12.1 Å². The van der Waals surface area contributed by atoms with Crippen LogP contribution >= 0.6 is 0 Å². The van der Waals surface area contributed by atoms with E-state index in [1.165, 1.54) is 12.1 Å². The molecule has 0 spiro atoms. The standard InChI is InChI=1S/C9H8F3N/c10-7-5-3-1-2-4-6(5)8(11)13-9(7)12/h1-4,7-9,13H. The summed E-state index contributed by atoms with van der Waals surface area (Å²) in [5.41, 5.74) is 0.283. The molecule has 1 aromatic rings. The van der Waals surface area contributed by atoms with E-state index in [2.05, 4.69) is 0 Å². The Bertz CT molecular complexity index is 315. The Labute approximate surface area is 73.6 Å². The lowest BCUT2D eigenvalue weighted by Gasteiger charge is -2.26. The largest absolute Gasteiger partial charge is 0.251 e. The average molecular weight is 187 g/mol. The molecule has 1 heterocycles. The Morgan fingerprint density at radius 1 is 1.00 bits per heavy atom. The predicted molar refractivity (Wildman–Crippen MR) is 42.2 cm³/mol. The maximum absolute atomic E-state index is 13.1. The molecule has 1 aliphatic rings. The Balaban J connectivity index is 2.47. The molecule has 0 saturated carbocycles. The van der Waals surface area contributed by atoms with Crippen LogP contribution in [-0.2, 0) is 0 Å². The first-order valence-electron chi connectivity index (χ1n) is 3.97. The highest BCUT2D eigenvalue weighted by atomic mass is 19.2. The van der Waals surface area contributed by atoms with Crippen LogP contribution in [0.3, 0.4) is 0 Å². The third-order valence-corrected chi connectivity index (χ3v) is 2.13. The Kier molecular flexibility index (Phi) is 2.00. The van der Waals surface area contributed by atoms with Gasteiger partial charge in [0.05, 0.1) is 0 Å². The topological polar surface area (TPSA) is 12.0 Å². The number of benzene rings is 1. The smallest absolute Gasteiger partial charge is 0.189 e. The first-order valence-corrected chi connectivity index (χ1v) is 3.97. The lowest BCUT2D eigenvalue weighted by atomic mass is 9.98. The van der Waals surface area contributed by atoms with Crippen LogP contribution in [0.2, 0.25) is 0 Å². The molecule has 1 aliphatic heterocycles. The van der Waals surface area contributed by atoms with Crippen molar-refractivity contribution in [1.82, 2.24) is 5.32 Å². The van der Waals surface area contributed by atoms with Gasteiger partial charge in [-0.05, 0) is 5.56 Å². The summed E-state index contributed by atoms with van der Waals surface area (Å²) in [6.07, 6.45) is -5.34. The van der Waals surface area contributed by atoms with Gasteiger partial charge in [0.1, 0.15) is 0 Å². The minimum atomic E-state index is -1.95. The molecule has 1 N–H and O–H groups in total. The monoisotopic (exact) mass is 187 g/mol. The van der Waals surface area contributed by atoms with E-state index in [4.69, 9.17) is 0 Å². The minimum Gasteiger partial charge on any atom is -0.251 e. The highest BCUT2D eigenvalue weighted by Crippen LogP contribution is 2.35. The minimum absolute atomic E-state index is 0.0984. The molecule has 3 unspecified atom stereocenters. The maximum Gasteiger partial charge on any atom is 0.189 e. The van der Waals surface area contributed by atoms with Crippen molar-refractivity contribution in [2.24, 2.45) is 0 Å². The molecule has 0 amide bonds. The lowest BCUT2D eigenvalue weighted by molar-refractivity contribution is 0.0704. The van der Waals surface area contributed by atoms with E-state index in [0.717, 1.165) is 0 Å². The summed E-state index contributed by atoms with van der Waals surface area (Å²) in [4.78, 5) is 0. The summed E-state index contributed by atoms with van der Waals surface area (Å²) >= 11 is 0. The number of nitrogens with one attached hydrogen (secondary N) is 1. The van der Waals surface area contributed by atoms with Crippen LogP contribution in [0.1, 0.15) is 23.6 Å². The van der Waals surface area contributed by atoms with Crippen molar-refractivity contribution in [1.29, 1.82) is 0 Å². The number of halogens is 3. The van der Waals surface area contributed by atoms with Gasteiger partial charge in [0, 0.05) is 5.56 Å². The molecule has 1 nitrogen and oxygen atoms in total. The SMILES string of the molecule is FC1NC(F)C(F)c2ccccc21. The van der Waals surface area contributed by atoms with Crippen LogP contribution < -0.4 is 5.32 Å². The van der Waals surface area contributed by atoms with Crippen LogP contribution in [0.5, 0.6) is 0 Å². The predicted octanol–water partition coefficient (Wildman–Crippen LogP) is 2.56. The molecule has 0 aromatic heterocycles. The van der Waals surface area contributed by atoms with Gasteiger partial charge in [-0.1, -0.05) is 24.3 Å². The van der Waals surface area contributed by atoms with E-state index in [0.29, 0.717) is 0 Å². The van der Waals surface area contributed by atoms with E-state index in [9.17, 15) is 13.2 Å². The third kappa shape index (κ3) is 1.31. The number of hydrogen-bond acceptors (Lipinski definition) is 1. The molecule has 1 aromatic carbocycles. The molecule has 3 atom stereocenters. The Morgan fingerprint density at radius 3 is 2.31 bits per heavy atom. The van der Waals surface area contributed by atoms with Gasteiger partial charge in [-0.25, -0.2) is 13.2 Å². The van der Waals surface area contributed by atoms with E-state index < -0.39 is 18.8 Å². The summed E-state index contributed by atoms with van der Waals surface area (Å²) in [6, 6.07) is 6.01. The molecule has 0 aliphatic carbocycles. The lowest BCUT2D eigenvalue weighted by Crippen LogP contribution is -2.36. The highest BCUT2D eigenvalue weighted by molar-refractivity contribution is 5.33. The third-order valence-electron chi connectivity index (χ3n) is 2.13. The van der Waals surface area contributed by atoms with Gasteiger partial charge < -0.3 is 0 Å². The zero-order chi connectivity index (χ0) is 9.42. The molecule has 0 bridgehead atoms. The first kappa shape index (κ1) is 8.56. The summed E-state index contributed by atoms with van der Waals surface area (Å²) in [5.74, 6) is 0. The van der Waals surface area contributed by atoms with Crippen molar-refractivity contribution in [3.63, 3.8) is 0 Å². The van der Waals surface area contributed by atoms with Crippen LogP contribution in [-0.4, -0.2) is 6.30 Å². The van der Waals surface area contributed by atoms with Gasteiger partial charge in [-0.3, -0.25) is 5.32 Å². The van der Waals surface area contributed by atoms with Gasteiger partial charge in [0.25, 0.3) is 0 Å². The highest BCUT2D eigenvalue weighted by Gasteiger charge is 2.34. The van der Waals surface area contributed by atoms with Crippen molar-refractivity contribution < 1.29 is 13.2 Å². The van der Waals surface area contributed by atoms with Crippen LogP contribution in [0, 0.1) is 0 Å². The van der Waals surface area contributed by atoms with Gasteiger partial charge in [0.15, 0.2) is 18.8 Å². The maximum atomic E-state index is 13.1. The second-order valence-electron chi connectivity index (χ2n) is 2.96. The van der Waals surface area contributed by atoms with Gasteiger partial charge in [0.2, 0.25) is 0 Å². The fourth-order valence-electron chi connectivity index (χ4n) is 1.46. The molecule has 0 radical (unpaired) electrons. The van der Waals surface area contributed by atoms with E-state index in [-0.39, 0.29) is 11.1 Å². The molecule has 2 rings (SSSR count). The number of hydrogen-bond donors (Lipinski definition) is 1. The zero-order valence-corrected chi connectivity index (χ0v) is 6.68. The summed E-state index contributed by atoms with van der Waals surface area (Å²) in [7, 11) is 0. The second kappa shape index (κ2) is 3.03. The Hall–Kier alpha value is -1.03. The summed E-state index contributed by atoms with van der Waals surface area (Å²) in [6.45, 7) is 0. The fraction of sp³-hybridized carbons (Fsp3) is 0.333. The van der Waals surface area contributed by atoms with Crippen molar-refractivity contribution in [3.05, 3.63) is 35.4 Å². The van der Waals surface area contributed by atoms with Crippen LogP contribution in [0.4, 0.5) is 13.2 Å². The molecular formula is C9H8F3N. The number of fused-ring (bicyclic) bond motifs is 1. The number of rotatable bonds is 0. The zero-order valence-electron chi connectivity index (χ0n) is 6.68. The molecule has 13 heavy (non-hydrogen) atoms. The normalized spacial score (nSPS) is 32.7. The van der Waals surface area contributed by atoms with Crippen LogP contribution in [0.25, 0.3) is 0 Å². The first-order chi connectivity index (χ1) is 6.20. The van der Waals surface area contributed by atoms with Crippen molar-refractivity contribution in [2.45, 2.75) is 18.8 Å². The molecular weight excluding hydrogens is 179 g/mol. The molecule has 0 saturated heterocycles. The quantitative estimate of drug-likeness (QED) is 0.615. The van der Waals surface area contributed by atoms with Gasteiger partial charge in [-0.15, -0.1) is 0 Å². The summed E-state index contributed by atoms with van der Waals surface area (Å²) < 4.78 is 39.0. The summed E-state index contributed by atoms with van der Waals surface area (Å²) in [5, 5.41) is 1.88. The molecule has 0 fully saturated rings. The average Bonchev–Trinajstić information content (AvgIpc) is 2.15. The van der Waals surface area contributed by atoms with Gasteiger partial charge >= 0.3 is 0 Å².